The van der Waals surface area contributed by atoms with Crippen molar-refractivity contribution in [3.8, 4) is 0 Å². The first-order chi connectivity index (χ1) is 13.8. The molecule has 0 aromatic heterocycles. The molecule has 2 aromatic rings. The monoisotopic (exact) mass is 432 g/mol. The molecule has 29 heavy (non-hydrogen) atoms. The number of rotatable bonds is 9. The van der Waals surface area contributed by atoms with E-state index >= 15 is 0 Å². The van der Waals surface area contributed by atoms with Crippen molar-refractivity contribution in [3.05, 3.63) is 70.2 Å². The van der Waals surface area contributed by atoms with E-state index < -0.39 is 6.04 Å². The number of thioether (sulfide) groups is 1. The molecule has 1 N–H and O–H groups in total. The van der Waals surface area contributed by atoms with Crippen LogP contribution in [-0.2, 0) is 21.9 Å². The summed E-state index contributed by atoms with van der Waals surface area (Å²) in [5.41, 5.74) is 3.27. The largest absolute Gasteiger partial charge is 0.352 e. The van der Waals surface area contributed by atoms with Crippen LogP contribution < -0.4 is 5.32 Å². The van der Waals surface area contributed by atoms with Crippen molar-refractivity contribution in [2.75, 3.05) is 5.75 Å². The summed E-state index contributed by atoms with van der Waals surface area (Å²) in [5, 5.41) is 3.61. The normalized spacial score (nSPS) is 11.9. The highest BCUT2D eigenvalue weighted by Gasteiger charge is 2.26. The van der Waals surface area contributed by atoms with Gasteiger partial charge < -0.3 is 10.2 Å². The minimum absolute atomic E-state index is 0.0274. The van der Waals surface area contributed by atoms with Crippen molar-refractivity contribution in [3.63, 3.8) is 0 Å². The Morgan fingerprint density at radius 2 is 1.72 bits per heavy atom. The molecule has 1 atom stereocenters. The van der Waals surface area contributed by atoms with Gasteiger partial charge in [-0.3, -0.25) is 9.59 Å². The molecule has 0 unspecified atom stereocenters. The van der Waals surface area contributed by atoms with Crippen molar-refractivity contribution < 1.29 is 9.59 Å². The van der Waals surface area contributed by atoms with Crippen LogP contribution in [0.4, 0.5) is 0 Å². The molecule has 2 rings (SSSR count). The molecule has 0 fully saturated rings. The van der Waals surface area contributed by atoms with Gasteiger partial charge in [0.05, 0.1) is 5.75 Å². The molecule has 0 bridgehead atoms. The Balaban J connectivity index is 2.07. The van der Waals surface area contributed by atoms with E-state index in [1.54, 1.807) is 23.6 Å². The van der Waals surface area contributed by atoms with Gasteiger partial charge in [0.2, 0.25) is 11.8 Å². The molecule has 2 aromatic carbocycles. The predicted octanol–water partition coefficient (Wildman–Crippen LogP) is 4.82. The summed E-state index contributed by atoms with van der Waals surface area (Å²) in [7, 11) is 0. The van der Waals surface area contributed by atoms with E-state index in [0.29, 0.717) is 23.1 Å². The molecule has 0 spiro atoms. The Kier molecular flexibility index (Phi) is 9.05. The third-order valence-corrected chi connectivity index (χ3v) is 5.85. The Bertz CT molecular complexity index is 824. The molecule has 0 aliphatic rings. The first-order valence-corrected chi connectivity index (χ1v) is 11.3. The fraction of sp³-hybridized carbons (Fsp3) is 0.391. The lowest BCUT2D eigenvalue weighted by molar-refractivity contribution is -0.138. The lowest BCUT2D eigenvalue weighted by Crippen LogP contribution is -2.49. The maximum Gasteiger partial charge on any atom is 0.242 e. The van der Waals surface area contributed by atoms with E-state index in [1.165, 1.54) is 0 Å². The van der Waals surface area contributed by atoms with Crippen LogP contribution in [0.5, 0.6) is 0 Å². The van der Waals surface area contributed by atoms with Crippen LogP contribution in [0.3, 0.4) is 0 Å². The Labute approximate surface area is 183 Å². The van der Waals surface area contributed by atoms with Gasteiger partial charge in [-0.25, -0.2) is 0 Å². The number of nitrogens with zero attached hydrogens (tertiary/aromatic N) is 1. The lowest BCUT2D eigenvalue weighted by Gasteiger charge is -2.30. The minimum Gasteiger partial charge on any atom is -0.352 e. The molecule has 0 radical (unpaired) electrons. The summed E-state index contributed by atoms with van der Waals surface area (Å²) < 4.78 is 0. The Hall–Kier alpha value is -1.98. The molecule has 0 aliphatic carbocycles. The van der Waals surface area contributed by atoms with E-state index in [0.717, 1.165) is 16.7 Å². The second-order valence-electron chi connectivity index (χ2n) is 7.41. The van der Waals surface area contributed by atoms with Gasteiger partial charge in [-0.15, -0.1) is 11.8 Å². The van der Waals surface area contributed by atoms with E-state index in [1.807, 2.05) is 69.3 Å². The van der Waals surface area contributed by atoms with Crippen LogP contribution in [-0.4, -0.2) is 34.6 Å². The van der Waals surface area contributed by atoms with E-state index in [9.17, 15) is 9.59 Å². The maximum absolute atomic E-state index is 13.0. The number of benzene rings is 2. The van der Waals surface area contributed by atoms with Crippen molar-refractivity contribution in [1.29, 1.82) is 0 Å². The smallest absolute Gasteiger partial charge is 0.242 e. The van der Waals surface area contributed by atoms with E-state index in [-0.39, 0.29) is 17.9 Å². The fourth-order valence-corrected chi connectivity index (χ4v) is 3.88. The fourth-order valence-electron chi connectivity index (χ4n) is 2.88. The van der Waals surface area contributed by atoms with E-state index in [4.69, 9.17) is 11.6 Å². The summed E-state index contributed by atoms with van der Waals surface area (Å²) >= 11 is 7.46. The predicted molar refractivity (Wildman–Crippen MR) is 122 cm³/mol. The van der Waals surface area contributed by atoms with Gasteiger partial charge in [0.25, 0.3) is 0 Å². The van der Waals surface area contributed by atoms with Crippen LogP contribution in [0.1, 0.15) is 37.5 Å². The quantitative estimate of drug-likeness (QED) is 0.617. The average Bonchev–Trinajstić information content (AvgIpc) is 2.67. The molecule has 156 valence electrons. The average molecular weight is 433 g/mol. The Morgan fingerprint density at radius 1 is 1.07 bits per heavy atom. The van der Waals surface area contributed by atoms with Crippen LogP contribution in [0.2, 0.25) is 5.02 Å². The molecule has 0 saturated carbocycles. The summed E-state index contributed by atoms with van der Waals surface area (Å²) in [6, 6.07) is 15.1. The highest BCUT2D eigenvalue weighted by Crippen LogP contribution is 2.18. The van der Waals surface area contributed by atoms with Gasteiger partial charge >= 0.3 is 0 Å². The number of aryl methyl sites for hydroxylation is 1. The summed E-state index contributed by atoms with van der Waals surface area (Å²) in [4.78, 5) is 27.3. The highest BCUT2D eigenvalue weighted by molar-refractivity contribution is 7.99. The molecule has 6 heteroatoms. The summed E-state index contributed by atoms with van der Waals surface area (Å²) in [6.07, 6.45) is 0. The standard InChI is InChI=1S/C23H29ClN2O2S/c1-16(2)25-23(28)18(4)26(13-20-8-6-5-7-17(20)3)22(27)15-29-14-19-9-11-21(24)12-10-19/h5-12,16,18H,13-15H2,1-4H3,(H,25,28)/t18-/m1/s1. The zero-order chi connectivity index (χ0) is 21.4. The Morgan fingerprint density at radius 3 is 2.34 bits per heavy atom. The number of hydrogen-bond acceptors (Lipinski definition) is 3. The van der Waals surface area contributed by atoms with Crippen LogP contribution >= 0.6 is 23.4 Å². The second-order valence-corrected chi connectivity index (χ2v) is 8.83. The third kappa shape index (κ3) is 7.41. The van der Waals surface area contributed by atoms with Gasteiger partial charge in [0.15, 0.2) is 0 Å². The number of carbonyl (C=O) groups is 2. The van der Waals surface area contributed by atoms with Gasteiger partial charge in [-0.1, -0.05) is 48.0 Å². The molecular formula is C23H29ClN2O2S. The van der Waals surface area contributed by atoms with E-state index in [2.05, 4.69) is 5.32 Å². The lowest BCUT2D eigenvalue weighted by atomic mass is 10.1. The summed E-state index contributed by atoms with van der Waals surface area (Å²) in [6.45, 7) is 8.06. The zero-order valence-corrected chi connectivity index (χ0v) is 19.0. The van der Waals surface area contributed by atoms with Crippen molar-refractivity contribution in [2.24, 2.45) is 0 Å². The maximum atomic E-state index is 13.0. The number of halogens is 1. The van der Waals surface area contributed by atoms with Crippen LogP contribution in [0.25, 0.3) is 0 Å². The number of amides is 2. The molecule has 0 saturated heterocycles. The second kappa shape index (κ2) is 11.3. The third-order valence-electron chi connectivity index (χ3n) is 4.61. The zero-order valence-electron chi connectivity index (χ0n) is 17.4. The van der Waals surface area contributed by atoms with Gasteiger partial charge in [-0.2, -0.15) is 0 Å². The van der Waals surface area contributed by atoms with Crippen molar-refractivity contribution in [1.82, 2.24) is 10.2 Å². The first-order valence-electron chi connectivity index (χ1n) is 9.74. The molecule has 0 aliphatic heterocycles. The van der Waals surface area contributed by atoms with Crippen LogP contribution in [0, 0.1) is 6.92 Å². The highest BCUT2D eigenvalue weighted by atomic mass is 35.5. The van der Waals surface area contributed by atoms with Crippen molar-refractivity contribution >= 4 is 35.2 Å². The molecular weight excluding hydrogens is 404 g/mol. The SMILES string of the molecule is Cc1ccccc1CN(C(=O)CSCc1ccc(Cl)cc1)[C@H](C)C(=O)NC(C)C. The van der Waals surface area contributed by atoms with Crippen molar-refractivity contribution in [2.45, 2.75) is 52.1 Å². The molecule has 2 amide bonds. The number of nitrogens with one attached hydrogen (secondary N) is 1. The minimum atomic E-state index is -0.541. The number of carbonyl (C=O) groups excluding carboxylic acids is 2. The number of hydrogen-bond donors (Lipinski definition) is 1. The van der Waals surface area contributed by atoms with Gasteiger partial charge in [0.1, 0.15) is 6.04 Å². The summed E-state index contributed by atoms with van der Waals surface area (Å²) in [5.74, 6) is 0.852. The first kappa shape index (κ1) is 23.3. The topological polar surface area (TPSA) is 49.4 Å². The molecule has 4 nitrogen and oxygen atoms in total. The van der Waals surface area contributed by atoms with Gasteiger partial charge in [0, 0.05) is 23.4 Å². The van der Waals surface area contributed by atoms with Gasteiger partial charge in [-0.05, 0) is 56.5 Å². The van der Waals surface area contributed by atoms with Crippen LogP contribution in [0.15, 0.2) is 48.5 Å². The molecule has 0 heterocycles.